The van der Waals surface area contributed by atoms with Crippen LogP contribution >= 0.6 is 12.4 Å². The van der Waals surface area contributed by atoms with Gasteiger partial charge in [0.1, 0.15) is 0 Å². The van der Waals surface area contributed by atoms with E-state index >= 15 is 0 Å². The van der Waals surface area contributed by atoms with E-state index in [-0.39, 0.29) is 30.3 Å². The molecule has 0 saturated carbocycles. The minimum atomic E-state index is -0.604. The monoisotopic (exact) mass is 378 g/mol. The van der Waals surface area contributed by atoms with Crippen molar-refractivity contribution >= 4 is 24.2 Å². The zero-order chi connectivity index (χ0) is 18.0. The van der Waals surface area contributed by atoms with Gasteiger partial charge in [0, 0.05) is 19.0 Å². The maximum absolute atomic E-state index is 13.4. The Morgan fingerprint density at radius 1 is 1.15 bits per heavy atom. The number of likely N-dealkylation sites (tertiary alicyclic amines) is 1. The maximum Gasteiger partial charge on any atom is 0.240 e. The van der Waals surface area contributed by atoms with E-state index in [1.807, 2.05) is 12.1 Å². The summed E-state index contributed by atoms with van der Waals surface area (Å²) >= 11 is 0. The summed E-state index contributed by atoms with van der Waals surface area (Å²) in [6.45, 7) is 8.83. The molecular weight excluding hydrogens is 348 g/mol. The number of halogens is 1. The number of aryl methyl sites for hydroxylation is 1. The van der Waals surface area contributed by atoms with E-state index in [4.69, 9.17) is 0 Å². The number of fused-ring (bicyclic) bond motifs is 2. The summed E-state index contributed by atoms with van der Waals surface area (Å²) in [5, 5.41) is 0. The van der Waals surface area contributed by atoms with Crippen LogP contribution in [0.25, 0.3) is 0 Å². The molecule has 1 fully saturated rings. The molecule has 1 spiro atoms. The van der Waals surface area contributed by atoms with Crippen LogP contribution in [0, 0.1) is 0 Å². The van der Waals surface area contributed by atoms with Gasteiger partial charge in [-0.2, -0.15) is 0 Å². The molecule has 1 aromatic carbocycles. The van der Waals surface area contributed by atoms with Crippen LogP contribution in [-0.4, -0.2) is 47.3 Å². The molecule has 1 aliphatic carbocycles. The fourth-order valence-electron chi connectivity index (χ4n) is 4.77. The van der Waals surface area contributed by atoms with Crippen molar-refractivity contribution in [2.75, 3.05) is 19.6 Å². The topological polar surface area (TPSA) is 40.6 Å². The number of hydrogen-bond acceptors (Lipinski definition) is 3. The first-order chi connectivity index (χ1) is 12.1. The molecule has 1 aliphatic heterocycles. The molecule has 4 nitrogen and oxygen atoms in total. The summed E-state index contributed by atoms with van der Waals surface area (Å²) in [5.41, 5.74) is 1.73. The largest absolute Gasteiger partial charge is 0.299 e. The average Bonchev–Trinajstić information content (AvgIpc) is 2.86. The van der Waals surface area contributed by atoms with Crippen molar-refractivity contribution in [3.05, 3.63) is 35.4 Å². The number of likely N-dealkylation sites (N-methyl/N-ethyl adjacent to an activating group) is 1. The summed E-state index contributed by atoms with van der Waals surface area (Å²) in [5.74, 6) is 0.0440. The maximum atomic E-state index is 13.4. The quantitative estimate of drug-likeness (QED) is 0.710. The van der Waals surface area contributed by atoms with E-state index in [0.29, 0.717) is 13.0 Å². The van der Waals surface area contributed by atoms with Crippen molar-refractivity contribution in [1.29, 1.82) is 0 Å². The lowest BCUT2D eigenvalue weighted by Crippen LogP contribution is -2.48. The second-order valence-electron chi connectivity index (χ2n) is 7.36. The van der Waals surface area contributed by atoms with Gasteiger partial charge in [0.25, 0.3) is 0 Å². The molecule has 0 bridgehead atoms. The van der Waals surface area contributed by atoms with Gasteiger partial charge in [-0.15, -0.1) is 12.4 Å². The van der Waals surface area contributed by atoms with Gasteiger partial charge in [0.05, 0.1) is 5.41 Å². The van der Waals surface area contributed by atoms with Crippen LogP contribution in [0.1, 0.15) is 57.6 Å². The van der Waals surface area contributed by atoms with E-state index in [9.17, 15) is 9.59 Å². The van der Waals surface area contributed by atoms with Gasteiger partial charge in [-0.05, 0) is 49.9 Å². The lowest BCUT2D eigenvalue weighted by Gasteiger charge is -2.35. The van der Waals surface area contributed by atoms with Crippen LogP contribution in [-0.2, 0) is 21.4 Å². The van der Waals surface area contributed by atoms with E-state index in [2.05, 4.69) is 37.8 Å². The number of rotatable bonds is 6. The highest BCUT2D eigenvalue weighted by molar-refractivity contribution is 6.09. The zero-order valence-electron chi connectivity index (χ0n) is 16.2. The van der Waals surface area contributed by atoms with Crippen LogP contribution in [0.5, 0.6) is 0 Å². The third-order valence-electron chi connectivity index (χ3n) is 6.18. The molecule has 0 aromatic heterocycles. The minimum absolute atomic E-state index is 0. The van der Waals surface area contributed by atoms with Crippen LogP contribution in [0.3, 0.4) is 0 Å². The lowest BCUT2D eigenvalue weighted by atomic mass is 9.69. The van der Waals surface area contributed by atoms with E-state index < -0.39 is 5.41 Å². The highest BCUT2D eigenvalue weighted by atomic mass is 35.5. The Hall–Kier alpha value is -1.39. The smallest absolute Gasteiger partial charge is 0.240 e. The van der Waals surface area contributed by atoms with Crippen molar-refractivity contribution in [1.82, 2.24) is 9.80 Å². The molecule has 2 atom stereocenters. The van der Waals surface area contributed by atoms with Crippen LogP contribution < -0.4 is 0 Å². The van der Waals surface area contributed by atoms with Gasteiger partial charge in [-0.3, -0.25) is 19.4 Å². The molecule has 0 unspecified atom stereocenters. The first-order valence-electron chi connectivity index (χ1n) is 9.74. The van der Waals surface area contributed by atoms with Gasteiger partial charge < -0.3 is 0 Å². The predicted octanol–water partition coefficient (Wildman–Crippen LogP) is 3.56. The number of amides is 2. The van der Waals surface area contributed by atoms with E-state index in [1.165, 1.54) is 5.56 Å². The molecule has 1 saturated heterocycles. The summed E-state index contributed by atoms with van der Waals surface area (Å²) in [6.07, 6.45) is 4.08. The van der Waals surface area contributed by atoms with Crippen LogP contribution in [0.15, 0.2) is 24.3 Å². The van der Waals surface area contributed by atoms with Crippen LogP contribution in [0.4, 0.5) is 0 Å². The van der Waals surface area contributed by atoms with Gasteiger partial charge in [0.2, 0.25) is 11.8 Å². The van der Waals surface area contributed by atoms with Crippen molar-refractivity contribution < 1.29 is 9.59 Å². The Morgan fingerprint density at radius 3 is 2.50 bits per heavy atom. The molecule has 2 aliphatic rings. The third kappa shape index (κ3) is 3.41. The Balaban J connectivity index is 0.00000243. The van der Waals surface area contributed by atoms with Crippen molar-refractivity contribution in [3.63, 3.8) is 0 Å². The lowest BCUT2D eigenvalue weighted by molar-refractivity contribution is -0.141. The van der Waals surface area contributed by atoms with Gasteiger partial charge in [-0.25, -0.2) is 0 Å². The highest BCUT2D eigenvalue weighted by Crippen LogP contribution is 2.45. The first-order valence-corrected chi connectivity index (χ1v) is 9.74. The van der Waals surface area contributed by atoms with Crippen molar-refractivity contribution in [2.45, 2.75) is 64.3 Å². The molecule has 1 aromatic rings. The Labute approximate surface area is 163 Å². The SMILES string of the molecule is CC[C@@H](CN1C(=O)C[C@]2(CCCc3ccccc32)C1=O)N(CC)CC.Cl. The van der Waals surface area contributed by atoms with Gasteiger partial charge >= 0.3 is 0 Å². The van der Waals surface area contributed by atoms with Gasteiger partial charge in [0.15, 0.2) is 0 Å². The molecule has 0 N–H and O–H groups in total. The molecule has 1 heterocycles. The number of hydrogen-bond donors (Lipinski definition) is 0. The minimum Gasteiger partial charge on any atom is -0.299 e. The molecule has 5 heteroatoms. The average molecular weight is 379 g/mol. The fraction of sp³-hybridized carbons (Fsp3) is 0.619. The van der Waals surface area contributed by atoms with Crippen molar-refractivity contribution in [2.24, 2.45) is 0 Å². The molecule has 3 rings (SSSR count). The fourth-order valence-corrected chi connectivity index (χ4v) is 4.77. The van der Waals surface area contributed by atoms with Crippen LogP contribution in [0.2, 0.25) is 0 Å². The first kappa shape index (κ1) is 20.9. The van der Waals surface area contributed by atoms with Gasteiger partial charge in [-0.1, -0.05) is 45.0 Å². The Kier molecular flexibility index (Phi) is 6.86. The summed E-state index contributed by atoms with van der Waals surface area (Å²) in [4.78, 5) is 30.1. The molecule has 26 heavy (non-hydrogen) atoms. The third-order valence-corrected chi connectivity index (χ3v) is 6.18. The Morgan fingerprint density at radius 2 is 1.85 bits per heavy atom. The molecular formula is C21H31ClN2O2. The summed E-state index contributed by atoms with van der Waals surface area (Å²) in [7, 11) is 0. The highest BCUT2D eigenvalue weighted by Gasteiger charge is 2.54. The Bertz CT molecular complexity index is 659. The summed E-state index contributed by atoms with van der Waals surface area (Å²) < 4.78 is 0. The number of imide groups is 1. The standard InChI is InChI=1S/C21H30N2O2.ClH/c1-4-17(22(5-2)6-3)15-23-19(24)14-21(20(23)25)13-9-11-16-10-7-8-12-18(16)21;/h7-8,10,12,17H,4-6,9,11,13-15H2,1-3H3;1H/t17-,21-;/m0./s1. The normalized spacial score (nSPS) is 23.3. The number of benzene rings is 1. The number of carbonyl (C=O) groups excluding carboxylic acids is 2. The molecule has 0 radical (unpaired) electrons. The van der Waals surface area contributed by atoms with E-state index in [1.54, 1.807) is 4.90 Å². The second kappa shape index (κ2) is 8.53. The number of nitrogens with zero attached hydrogens (tertiary/aromatic N) is 2. The molecule has 2 amide bonds. The second-order valence-corrected chi connectivity index (χ2v) is 7.36. The van der Waals surface area contributed by atoms with Crippen molar-refractivity contribution in [3.8, 4) is 0 Å². The zero-order valence-corrected chi connectivity index (χ0v) is 17.0. The number of carbonyl (C=O) groups is 2. The van der Waals surface area contributed by atoms with E-state index in [0.717, 1.165) is 44.3 Å². The molecule has 144 valence electrons. The predicted molar refractivity (Wildman–Crippen MR) is 107 cm³/mol. The summed E-state index contributed by atoms with van der Waals surface area (Å²) in [6, 6.07) is 8.45.